The standard InChI is InChI=1S/C13H17N3O/c1-8-7-17-6-5-10(8)12-15-11-4-3-9(2)14-13(11)16-12/h3-4,8,10H,5-7H2,1-2H3,(H,14,15,16). The number of imidazole rings is 1. The summed E-state index contributed by atoms with van der Waals surface area (Å²) < 4.78 is 5.47. The Bertz CT molecular complexity index is 534. The van der Waals surface area contributed by atoms with Gasteiger partial charge in [-0.1, -0.05) is 6.92 Å². The predicted octanol–water partition coefficient (Wildman–Crippen LogP) is 2.41. The highest BCUT2D eigenvalue weighted by molar-refractivity contribution is 5.70. The van der Waals surface area contributed by atoms with E-state index in [-0.39, 0.29) is 0 Å². The molecule has 1 aliphatic heterocycles. The molecule has 0 bridgehead atoms. The van der Waals surface area contributed by atoms with Crippen molar-refractivity contribution in [2.75, 3.05) is 13.2 Å². The van der Waals surface area contributed by atoms with Crippen LogP contribution >= 0.6 is 0 Å². The largest absolute Gasteiger partial charge is 0.381 e. The number of pyridine rings is 1. The number of aryl methyl sites for hydroxylation is 1. The Morgan fingerprint density at radius 1 is 1.35 bits per heavy atom. The predicted molar refractivity (Wildman–Crippen MR) is 66.0 cm³/mol. The molecule has 90 valence electrons. The zero-order valence-electron chi connectivity index (χ0n) is 10.2. The molecule has 4 nitrogen and oxygen atoms in total. The Balaban J connectivity index is 1.99. The normalized spacial score (nSPS) is 25.3. The quantitative estimate of drug-likeness (QED) is 0.820. The summed E-state index contributed by atoms with van der Waals surface area (Å²) in [5.74, 6) is 2.05. The molecular formula is C13H17N3O. The first-order valence-corrected chi connectivity index (χ1v) is 6.15. The molecule has 0 amide bonds. The summed E-state index contributed by atoms with van der Waals surface area (Å²) in [7, 11) is 0. The molecule has 2 aromatic heterocycles. The molecule has 2 unspecified atom stereocenters. The van der Waals surface area contributed by atoms with Crippen LogP contribution in [0.15, 0.2) is 12.1 Å². The molecule has 1 N–H and O–H groups in total. The van der Waals surface area contributed by atoms with E-state index in [1.807, 2.05) is 13.0 Å². The minimum atomic E-state index is 0.471. The van der Waals surface area contributed by atoms with E-state index in [1.165, 1.54) is 0 Å². The Kier molecular flexibility index (Phi) is 2.59. The van der Waals surface area contributed by atoms with Crippen molar-refractivity contribution >= 4 is 11.2 Å². The van der Waals surface area contributed by atoms with E-state index in [4.69, 9.17) is 4.74 Å². The van der Waals surface area contributed by atoms with Gasteiger partial charge < -0.3 is 9.72 Å². The van der Waals surface area contributed by atoms with Crippen LogP contribution in [0.4, 0.5) is 0 Å². The number of aromatic amines is 1. The van der Waals surface area contributed by atoms with Crippen LogP contribution in [0, 0.1) is 12.8 Å². The van der Waals surface area contributed by atoms with Crippen LogP contribution in [-0.4, -0.2) is 28.2 Å². The fraction of sp³-hybridized carbons (Fsp3) is 0.538. The Hall–Kier alpha value is -1.42. The van der Waals surface area contributed by atoms with E-state index in [9.17, 15) is 0 Å². The van der Waals surface area contributed by atoms with Gasteiger partial charge in [0.05, 0.1) is 5.52 Å². The number of ether oxygens (including phenoxy) is 1. The molecule has 1 fully saturated rings. The van der Waals surface area contributed by atoms with Crippen LogP contribution < -0.4 is 0 Å². The Morgan fingerprint density at radius 2 is 2.24 bits per heavy atom. The summed E-state index contributed by atoms with van der Waals surface area (Å²) in [6, 6.07) is 4.07. The number of fused-ring (bicyclic) bond motifs is 1. The highest BCUT2D eigenvalue weighted by Gasteiger charge is 2.26. The second kappa shape index (κ2) is 4.11. The van der Waals surface area contributed by atoms with Crippen LogP contribution in [0.2, 0.25) is 0 Å². The Morgan fingerprint density at radius 3 is 3.06 bits per heavy atom. The summed E-state index contributed by atoms with van der Waals surface area (Å²) in [5, 5.41) is 0. The number of aromatic nitrogens is 3. The average molecular weight is 231 g/mol. The lowest BCUT2D eigenvalue weighted by molar-refractivity contribution is 0.0455. The maximum Gasteiger partial charge on any atom is 0.177 e. The molecule has 1 aliphatic rings. The van der Waals surface area contributed by atoms with Crippen molar-refractivity contribution in [1.82, 2.24) is 15.0 Å². The van der Waals surface area contributed by atoms with Crippen LogP contribution in [0.3, 0.4) is 0 Å². The van der Waals surface area contributed by atoms with E-state index < -0.39 is 0 Å². The van der Waals surface area contributed by atoms with Crippen LogP contribution in [0.1, 0.15) is 30.8 Å². The molecule has 3 rings (SSSR count). The molecule has 0 aromatic carbocycles. The first kappa shape index (κ1) is 10.7. The van der Waals surface area contributed by atoms with Crippen molar-refractivity contribution in [3.05, 3.63) is 23.7 Å². The number of hydrogen-bond donors (Lipinski definition) is 1. The monoisotopic (exact) mass is 231 g/mol. The molecule has 3 heterocycles. The van der Waals surface area contributed by atoms with Gasteiger partial charge in [0, 0.05) is 24.8 Å². The van der Waals surface area contributed by atoms with E-state index in [0.29, 0.717) is 11.8 Å². The third kappa shape index (κ3) is 1.93. The lowest BCUT2D eigenvalue weighted by atomic mass is 9.89. The zero-order valence-corrected chi connectivity index (χ0v) is 10.2. The smallest absolute Gasteiger partial charge is 0.177 e. The lowest BCUT2D eigenvalue weighted by Gasteiger charge is -2.26. The maximum atomic E-state index is 5.47. The molecule has 0 radical (unpaired) electrons. The fourth-order valence-corrected chi connectivity index (χ4v) is 2.47. The number of rotatable bonds is 1. The van der Waals surface area contributed by atoms with Crippen LogP contribution in [0.5, 0.6) is 0 Å². The molecular weight excluding hydrogens is 214 g/mol. The summed E-state index contributed by atoms with van der Waals surface area (Å²) >= 11 is 0. The van der Waals surface area contributed by atoms with Gasteiger partial charge in [-0.3, -0.25) is 0 Å². The molecule has 2 aromatic rings. The van der Waals surface area contributed by atoms with Crippen molar-refractivity contribution in [3.8, 4) is 0 Å². The summed E-state index contributed by atoms with van der Waals surface area (Å²) in [6.45, 7) is 5.87. The topological polar surface area (TPSA) is 50.8 Å². The number of nitrogens with zero attached hydrogens (tertiary/aromatic N) is 2. The molecule has 17 heavy (non-hydrogen) atoms. The average Bonchev–Trinajstić information content (AvgIpc) is 2.72. The number of H-pyrrole nitrogens is 1. The SMILES string of the molecule is Cc1ccc2[nH]c(C3CCOCC3C)nc2n1. The molecule has 1 saturated heterocycles. The van der Waals surface area contributed by atoms with Gasteiger partial charge in [0.2, 0.25) is 0 Å². The van der Waals surface area contributed by atoms with Crippen molar-refractivity contribution < 1.29 is 4.74 Å². The van der Waals surface area contributed by atoms with Gasteiger partial charge in [0.25, 0.3) is 0 Å². The van der Waals surface area contributed by atoms with E-state index in [1.54, 1.807) is 0 Å². The van der Waals surface area contributed by atoms with Crippen molar-refractivity contribution in [2.24, 2.45) is 5.92 Å². The van der Waals surface area contributed by atoms with Gasteiger partial charge in [0.15, 0.2) is 5.65 Å². The number of hydrogen-bond acceptors (Lipinski definition) is 3. The number of nitrogens with one attached hydrogen (secondary N) is 1. The fourth-order valence-electron chi connectivity index (χ4n) is 2.47. The summed E-state index contributed by atoms with van der Waals surface area (Å²) in [4.78, 5) is 12.5. The molecule has 0 saturated carbocycles. The van der Waals surface area contributed by atoms with Gasteiger partial charge in [-0.15, -0.1) is 0 Å². The van der Waals surface area contributed by atoms with Crippen molar-refractivity contribution in [1.29, 1.82) is 0 Å². The third-order valence-electron chi connectivity index (χ3n) is 3.50. The highest BCUT2D eigenvalue weighted by atomic mass is 16.5. The molecule has 4 heteroatoms. The van der Waals surface area contributed by atoms with Gasteiger partial charge in [-0.25, -0.2) is 9.97 Å². The molecule has 2 atom stereocenters. The second-order valence-corrected chi connectivity index (χ2v) is 4.89. The van der Waals surface area contributed by atoms with Gasteiger partial charge >= 0.3 is 0 Å². The summed E-state index contributed by atoms with van der Waals surface area (Å²) in [6.07, 6.45) is 1.04. The molecule has 0 spiro atoms. The summed E-state index contributed by atoms with van der Waals surface area (Å²) in [5.41, 5.74) is 2.87. The first-order valence-electron chi connectivity index (χ1n) is 6.15. The zero-order chi connectivity index (χ0) is 11.8. The van der Waals surface area contributed by atoms with Crippen molar-refractivity contribution in [3.63, 3.8) is 0 Å². The van der Waals surface area contributed by atoms with E-state index in [0.717, 1.165) is 42.3 Å². The van der Waals surface area contributed by atoms with Crippen LogP contribution in [-0.2, 0) is 4.74 Å². The minimum Gasteiger partial charge on any atom is -0.381 e. The Labute approximate surface area is 100 Å². The van der Waals surface area contributed by atoms with E-state index in [2.05, 4.69) is 27.9 Å². The van der Waals surface area contributed by atoms with Gasteiger partial charge in [-0.2, -0.15) is 0 Å². The first-order chi connectivity index (χ1) is 8.24. The highest BCUT2D eigenvalue weighted by Crippen LogP contribution is 2.30. The maximum absolute atomic E-state index is 5.47. The van der Waals surface area contributed by atoms with Gasteiger partial charge in [0.1, 0.15) is 5.82 Å². The third-order valence-corrected chi connectivity index (χ3v) is 3.50. The van der Waals surface area contributed by atoms with Crippen LogP contribution in [0.25, 0.3) is 11.2 Å². The lowest BCUT2D eigenvalue weighted by Crippen LogP contribution is -2.24. The second-order valence-electron chi connectivity index (χ2n) is 4.89. The molecule has 0 aliphatic carbocycles. The van der Waals surface area contributed by atoms with Gasteiger partial charge in [-0.05, 0) is 31.4 Å². The van der Waals surface area contributed by atoms with Crippen molar-refractivity contribution in [2.45, 2.75) is 26.2 Å². The van der Waals surface area contributed by atoms with E-state index >= 15 is 0 Å². The minimum absolute atomic E-state index is 0.471.